The van der Waals surface area contributed by atoms with Crippen molar-refractivity contribution in [2.24, 2.45) is 0 Å². The fourth-order valence-electron chi connectivity index (χ4n) is 0. The van der Waals surface area contributed by atoms with Crippen molar-refractivity contribution in [3.05, 3.63) is 0 Å². The van der Waals surface area contributed by atoms with E-state index in [4.69, 9.17) is 4.55 Å². The number of hydrogen-bond donors (Lipinski definition) is 1. The molecular weight excluding hydrogens is 132 g/mol. The van der Waals surface area contributed by atoms with E-state index in [1.165, 1.54) is 6.92 Å². The van der Waals surface area contributed by atoms with E-state index in [1.54, 1.807) is 0 Å². The summed E-state index contributed by atoms with van der Waals surface area (Å²) in [5, 5.41) is 0. The van der Waals surface area contributed by atoms with Gasteiger partial charge in [-0.2, -0.15) is 8.42 Å². The summed E-state index contributed by atoms with van der Waals surface area (Å²) in [6.07, 6.45) is 0. The Morgan fingerprint density at radius 1 is 1.71 bits per heavy atom. The molecule has 0 saturated heterocycles. The first-order chi connectivity index (χ1) is 2.94. The molecule has 0 bridgehead atoms. The van der Waals surface area contributed by atoms with Gasteiger partial charge in [-0.3, -0.25) is 4.55 Å². The first-order valence-electron chi connectivity index (χ1n) is 1.91. The molecule has 0 spiro atoms. The Labute approximate surface area is 45.9 Å². The lowest BCUT2D eigenvalue weighted by atomic mass is 11.0. The van der Waals surface area contributed by atoms with Crippen molar-refractivity contribution >= 4 is 20.4 Å². The molecule has 0 aromatic rings. The first-order valence-corrected chi connectivity index (χ1v) is 4.56. The van der Waals surface area contributed by atoms with Crippen molar-refractivity contribution in [1.29, 1.82) is 0 Å². The van der Waals surface area contributed by atoms with Crippen molar-refractivity contribution in [2.75, 3.05) is 0 Å². The molecule has 0 amide bonds. The molecule has 1 N–H and O–H groups in total. The Morgan fingerprint density at radius 3 is 1.86 bits per heavy atom. The smallest absolute Gasteiger partial charge is 0.263 e. The molecule has 0 aromatic carbocycles. The van der Waals surface area contributed by atoms with Gasteiger partial charge in [-0.15, -0.1) is 0 Å². The molecule has 0 saturated carbocycles. The standard InChI is InChI=1S/C2H8O3SSi/c1-2(7)6(3,4)5/h2H,1,7H3,(H,3,4,5). The van der Waals surface area contributed by atoms with Gasteiger partial charge in [0.05, 0.1) is 4.87 Å². The van der Waals surface area contributed by atoms with Gasteiger partial charge in [0.15, 0.2) is 0 Å². The van der Waals surface area contributed by atoms with Crippen molar-refractivity contribution in [3.8, 4) is 0 Å². The Kier molecular flexibility index (Phi) is 1.97. The summed E-state index contributed by atoms with van der Waals surface area (Å²) in [4.78, 5) is -0.535. The van der Waals surface area contributed by atoms with Crippen LogP contribution in [-0.2, 0) is 10.1 Å². The average molecular weight is 140 g/mol. The van der Waals surface area contributed by atoms with E-state index in [2.05, 4.69) is 0 Å². The molecule has 44 valence electrons. The maximum absolute atomic E-state index is 9.92. The van der Waals surface area contributed by atoms with Crippen molar-refractivity contribution in [3.63, 3.8) is 0 Å². The summed E-state index contributed by atoms with van der Waals surface area (Å²) in [5.41, 5.74) is 0. The molecule has 0 heterocycles. The second-order valence-corrected chi connectivity index (χ2v) is 6.11. The van der Waals surface area contributed by atoms with Crippen LogP contribution in [0, 0.1) is 0 Å². The van der Waals surface area contributed by atoms with E-state index >= 15 is 0 Å². The summed E-state index contributed by atoms with van der Waals surface area (Å²) in [5.74, 6) is 0. The summed E-state index contributed by atoms with van der Waals surface area (Å²) >= 11 is 0. The molecule has 7 heavy (non-hydrogen) atoms. The first kappa shape index (κ1) is 7.13. The van der Waals surface area contributed by atoms with Crippen molar-refractivity contribution in [1.82, 2.24) is 0 Å². The molecule has 0 aromatic heterocycles. The largest absolute Gasteiger partial charge is 0.286 e. The minimum atomic E-state index is -3.68. The number of rotatable bonds is 1. The van der Waals surface area contributed by atoms with Crippen LogP contribution in [0.25, 0.3) is 0 Å². The van der Waals surface area contributed by atoms with Crippen LogP contribution in [0.3, 0.4) is 0 Å². The molecule has 3 nitrogen and oxygen atoms in total. The van der Waals surface area contributed by atoms with Gasteiger partial charge >= 0.3 is 0 Å². The highest BCUT2D eigenvalue weighted by Gasteiger charge is 2.08. The summed E-state index contributed by atoms with van der Waals surface area (Å²) in [6.45, 7) is 1.47. The molecule has 0 radical (unpaired) electrons. The van der Waals surface area contributed by atoms with Gasteiger partial charge in [-0.25, -0.2) is 0 Å². The van der Waals surface area contributed by atoms with Crippen LogP contribution >= 0.6 is 0 Å². The van der Waals surface area contributed by atoms with Crippen LogP contribution < -0.4 is 0 Å². The van der Waals surface area contributed by atoms with Gasteiger partial charge in [-0.1, -0.05) is 0 Å². The van der Waals surface area contributed by atoms with Gasteiger partial charge < -0.3 is 0 Å². The second-order valence-electron chi connectivity index (χ2n) is 1.56. The summed E-state index contributed by atoms with van der Waals surface area (Å²) < 4.78 is 27.9. The maximum atomic E-state index is 9.92. The molecule has 0 aliphatic rings. The zero-order valence-electron chi connectivity index (χ0n) is 4.25. The normalized spacial score (nSPS) is 16.9. The molecule has 1 atom stereocenters. The van der Waals surface area contributed by atoms with Gasteiger partial charge in [0.2, 0.25) is 0 Å². The zero-order valence-corrected chi connectivity index (χ0v) is 7.07. The Balaban J connectivity index is 4.10. The molecule has 0 aliphatic carbocycles. The van der Waals surface area contributed by atoms with E-state index < -0.39 is 15.0 Å². The van der Waals surface area contributed by atoms with Gasteiger partial charge in [0, 0.05) is 10.2 Å². The molecule has 1 unspecified atom stereocenters. The fraction of sp³-hybridized carbons (Fsp3) is 1.00. The fourth-order valence-corrected chi connectivity index (χ4v) is 0. The van der Waals surface area contributed by atoms with E-state index in [9.17, 15) is 8.42 Å². The highest BCUT2D eigenvalue weighted by atomic mass is 32.2. The van der Waals surface area contributed by atoms with E-state index in [0.29, 0.717) is 10.2 Å². The second kappa shape index (κ2) is 1.93. The van der Waals surface area contributed by atoms with Crippen molar-refractivity contribution in [2.45, 2.75) is 11.8 Å². The SMILES string of the molecule is CC([SiH3])S(=O)(=O)O. The zero-order chi connectivity index (χ0) is 6.08. The van der Waals surface area contributed by atoms with E-state index in [0.717, 1.165) is 0 Å². The predicted molar refractivity (Wildman–Crippen MR) is 30.9 cm³/mol. The molecule has 0 fully saturated rings. The van der Waals surface area contributed by atoms with E-state index in [-0.39, 0.29) is 0 Å². The Bertz CT molecular complexity index is 135. The lowest BCUT2D eigenvalue weighted by Crippen LogP contribution is -2.15. The van der Waals surface area contributed by atoms with Crippen LogP contribution in [0.15, 0.2) is 0 Å². The lowest BCUT2D eigenvalue weighted by molar-refractivity contribution is 0.481. The number of hydrogen-bond acceptors (Lipinski definition) is 2. The summed E-state index contributed by atoms with van der Waals surface area (Å²) in [7, 11) is -3.19. The van der Waals surface area contributed by atoms with Crippen molar-refractivity contribution < 1.29 is 13.0 Å². The Hall–Kier alpha value is 0.127. The van der Waals surface area contributed by atoms with Crippen LogP contribution in [-0.4, -0.2) is 28.1 Å². The molecule has 0 aliphatic heterocycles. The Morgan fingerprint density at radius 2 is 1.86 bits per heavy atom. The van der Waals surface area contributed by atoms with Gasteiger partial charge in [-0.05, 0) is 6.92 Å². The molecule has 0 rings (SSSR count). The van der Waals surface area contributed by atoms with Gasteiger partial charge in [0.1, 0.15) is 0 Å². The molecular formula is C2H8O3SSi. The monoisotopic (exact) mass is 140 g/mol. The predicted octanol–water partition coefficient (Wildman–Crippen LogP) is -1.41. The quantitative estimate of drug-likeness (QED) is 0.359. The third kappa shape index (κ3) is 2.78. The highest BCUT2D eigenvalue weighted by molar-refractivity contribution is 7.87. The van der Waals surface area contributed by atoms with E-state index in [1.807, 2.05) is 0 Å². The van der Waals surface area contributed by atoms with Crippen LogP contribution in [0.5, 0.6) is 0 Å². The minimum absolute atomic E-state index is 0.490. The van der Waals surface area contributed by atoms with Gasteiger partial charge in [0.25, 0.3) is 10.1 Å². The highest BCUT2D eigenvalue weighted by Crippen LogP contribution is 1.87. The topological polar surface area (TPSA) is 54.4 Å². The summed E-state index contributed by atoms with van der Waals surface area (Å²) in [6, 6.07) is 0. The third-order valence-electron chi connectivity index (χ3n) is 0.596. The van der Waals surface area contributed by atoms with Crippen LogP contribution in [0.4, 0.5) is 0 Å². The van der Waals surface area contributed by atoms with Crippen LogP contribution in [0.1, 0.15) is 6.92 Å². The lowest BCUT2D eigenvalue weighted by Gasteiger charge is -1.94. The average Bonchev–Trinajstić information content (AvgIpc) is 1.31. The van der Waals surface area contributed by atoms with Crippen LogP contribution in [0.2, 0.25) is 0 Å². The minimum Gasteiger partial charge on any atom is -0.286 e. The third-order valence-corrected chi connectivity index (χ3v) is 3.57. The molecule has 5 heteroatoms. The maximum Gasteiger partial charge on any atom is 0.263 e.